The fourth-order valence-electron chi connectivity index (χ4n) is 9.78. The zero-order valence-electron chi connectivity index (χ0n) is 43.2. The Balaban J connectivity index is 1.53. The summed E-state index contributed by atoms with van der Waals surface area (Å²) in [7, 11) is 0. The van der Waals surface area contributed by atoms with E-state index in [0.29, 0.717) is 12.8 Å². The van der Waals surface area contributed by atoms with E-state index in [1.807, 2.05) is 0 Å². The van der Waals surface area contributed by atoms with Crippen LogP contribution in [0.5, 0.6) is 0 Å². The molecule has 420 valence electrons. The molecule has 3 heterocycles. The summed E-state index contributed by atoms with van der Waals surface area (Å²) in [5.74, 6) is -0.243. The molecule has 0 bridgehead atoms. The third kappa shape index (κ3) is 22.9. The first kappa shape index (κ1) is 64.1. The van der Waals surface area contributed by atoms with Crippen molar-refractivity contribution in [1.82, 2.24) is 5.32 Å². The summed E-state index contributed by atoms with van der Waals surface area (Å²) >= 11 is 0. The number of nitrogens with one attached hydrogen (secondary N) is 1. The number of aliphatic hydroxyl groups is 11. The summed E-state index contributed by atoms with van der Waals surface area (Å²) in [6, 6.07) is -0.878. The lowest BCUT2D eigenvalue weighted by Crippen LogP contribution is -2.66. The second-order valence-electron chi connectivity index (χ2n) is 20.4. The maximum Gasteiger partial charge on any atom is 0.220 e. The Labute approximate surface area is 423 Å². The van der Waals surface area contributed by atoms with Gasteiger partial charge in [-0.15, -0.1) is 0 Å². The summed E-state index contributed by atoms with van der Waals surface area (Å²) in [5.41, 5.74) is 0. The van der Waals surface area contributed by atoms with E-state index in [0.717, 1.165) is 44.9 Å². The van der Waals surface area contributed by atoms with Gasteiger partial charge >= 0.3 is 0 Å². The van der Waals surface area contributed by atoms with Crippen LogP contribution in [-0.4, -0.2) is 193 Å². The topological polar surface area (TPSA) is 307 Å². The van der Waals surface area contributed by atoms with Crippen molar-refractivity contribution in [3.05, 3.63) is 0 Å². The fourth-order valence-corrected chi connectivity index (χ4v) is 9.78. The SMILES string of the molecule is CCCCCCCCCCCCCCCCCC(O)C(COC1OC(CO)C(OC2OC(CO)C(OC3OC(CO)C(O)C(O)C3O)C(O)C2O)C(O)C1O)NC(=O)CCCCCCCCCCCCC. The van der Waals surface area contributed by atoms with E-state index in [1.54, 1.807) is 0 Å². The molecule has 71 heavy (non-hydrogen) atoms. The van der Waals surface area contributed by atoms with Crippen LogP contribution < -0.4 is 5.32 Å². The molecule has 17 unspecified atom stereocenters. The van der Waals surface area contributed by atoms with Gasteiger partial charge in [-0.2, -0.15) is 0 Å². The quantitative estimate of drug-likeness (QED) is 0.0392. The second-order valence-corrected chi connectivity index (χ2v) is 20.4. The third-order valence-corrected chi connectivity index (χ3v) is 14.4. The van der Waals surface area contributed by atoms with E-state index in [1.165, 1.54) is 116 Å². The third-order valence-electron chi connectivity index (χ3n) is 14.4. The van der Waals surface area contributed by atoms with Gasteiger partial charge in [-0.3, -0.25) is 4.79 Å². The standard InChI is InChI=1S/C52H99NO18/c1-3-5-7-9-11-13-15-16-17-18-20-21-23-25-27-29-36(57)35(53-40(58)30-28-26-24-22-19-14-12-10-8-6-4-2)34-66-50-46(64)43(61)48(38(32-55)68-50)71-52-47(65)44(62)49(39(33-56)69-52)70-51-45(63)42(60)41(59)37(31-54)67-51/h35-39,41-52,54-57,59-65H,3-34H2,1-2H3,(H,53,58). The van der Waals surface area contributed by atoms with Crippen LogP contribution in [0.3, 0.4) is 0 Å². The first-order chi connectivity index (χ1) is 34.3. The zero-order chi connectivity index (χ0) is 52.0. The minimum atomic E-state index is -1.97. The lowest BCUT2D eigenvalue weighted by molar-refractivity contribution is -0.379. The van der Waals surface area contributed by atoms with Crippen LogP contribution in [-0.2, 0) is 33.2 Å². The normalized spacial score (nSPS) is 32.2. The Bertz CT molecular complexity index is 1320. The van der Waals surface area contributed by atoms with Crippen LogP contribution in [0, 0.1) is 0 Å². The molecule has 0 aromatic rings. The molecular weight excluding hydrogens is 927 g/mol. The Kier molecular flexibility index (Phi) is 33.9. The summed E-state index contributed by atoms with van der Waals surface area (Å²) in [5, 5.41) is 120. The Hall–Kier alpha value is -1.21. The molecule has 12 N–H and O–H groups in total. The molecular formula is C52H99NO18. The average Bonchev–Trinajstić information content (AvgIpc) is 3.36. The largest absolute Gasteiger partial charge is 0.394 e. The van der Waals surface area contributed by atoms with Crippen molar-refractivity contribution in [1.29, 1.82) is 0 Å². The summed E-state index contributed by atoms with van der Waals surface area (Å²) in [6.07, 6.45) is 4.86. The van der Waals surface area contributed by atoms with Crippen molar-refractivity contribution in [2.45, 2.75) is 298 Å². The summed E-state index contributed by atoms with van der Waals surface area (Å²) in [6.45, 7) is 1.77. The molecule has 3 rings (SSSR count). The molecule has 0 spiro atoms. The number of aliphatic hydroxyl groups excluding tert-OH is 11. The van der Waals surface area contributed by atoms with Gasteiger partial charge < -0.3 is 89.9 Å². The van der Waals surface area contributed by atoms with Crippen molar-refractivity contribution < 1.29 is 89.4 Å². The maximum absolute atomic E-state index is 13.2. The average molecular weight is 1030 g/mol. The van der Waals surface area contributed by atoms with E-state index in [4.69, 9.17) is 28.4 Å². The highest BCUT2D eigenvalue weighted by molar-refractivity contribution is 5.76. The molecule has 0 radical (unpaired) electrons. The van der Waals surface area contributed by atoms with E-state index >= 15 is 0 Å². The Morgan fingerprint density at radius 3 is 1.23 bits per heavy atom. The highest BCUT2D eigenvalue weighted by Crippen LogP contribution is 2.33. The monoisotopic (exact) mass is 1030 g/mol. The van der Waals surface area contributed by atoms with Crippen LogP contribution in [0.4, 0.5) is 0 Å². The number of hydrogen-bond donors (Lipinski definition) is 12. The van der Waals surface area contributed by atoms with Gasteiger partial charge in [0.15, 0.2) is 18.9 Å². The predicted molar refractivity (Wildman–Crippen MR) is 264 cm³/mol. The Morgan fingerprint density at radius 1 is 0.451 bits per heavy atom. The number of carbonyl (C=O) groups excluding carboxylic acids is 1. The molecule has 19 nitrogen and oxygen atoms in total. The highest BCUT2D eigenvalue weighted by atomic mass is 16.8. The minimum Gasteiger partial charge on any atom is -0.394 e. The van der Waals surface area contributed by atoms with Gasteiger partial charge in [0, 0.05) is 6.42 Å². The molecule has 0 saturated carbocycles. The molecule has 3 saturated heterocycles. The van der Waals surface area contributed by atoms with Crippen molar-refractivity contribution in [2.24, 2.45) is 0 Å². The Morgan fingerprint density at radius 2 is 0.803 bits per heavy atom. The van der Waals surface area contributed by atoms with Gasteiger partial charge in [-0.25, -0.2) is 0 Å². The lowest BCUT2D eigenvalue weighted by atomic mass is 9.96. The van der Waals surface area contributed by atoms with Crippen LogP contribution in [0.15, 0.2) is 0 Å². The number of unbranched alkanes of at least 4 members (excludes halogenated alkanes) is 24. The lowest BCUT2D eigenvalue weighted by Gasteiger charge is -2.48. The highest BCUT2D eigenvalue weighted by Gasteiger charge is 2.53. The summed E-state index contributed by atoms with van der Waals surface area (Å²) in [4.78, 5) is 13.2. The van der Waals surface area contributed by atoms with E-state index in [2.05, 4.69) is 19.2 Å². The predicted octanol–water partition coefficient (Wildman–Crippen LogP) is 3.26. The number of carbonyl (C=O) groups is 1. The van der Waals surface area contributed by atoms with E-state index in [9.17, 15) is 61.0 Å². The van der Waals surface area contributed by atoms with Crippen molar-refractivity contribution in [3.63, 3.8) is 0 Å². The van der Waals surface area contributed by atoms with Gasteiger partial charge in [0.25, 0.3) is 0 Å². The molecule has 1 amide bonds. The molecule has 0 aromatic carbocycles. The number of rotatable bonds is 40. The molecule has 19 heteroatoms. The second kappa shape index (κ2) is 37.5. The van der Waals surface area contributed by atoms with Crippen LogP contribution >= 0.6 is 0 Å². The van der Waals surface area contributed by atoms with Gasteiger partial charge in [-0.05, 0) is 12.8 Å². The van der Waals surface area contributed by atoms with E-state index < -0.39 is 124 Å². The number of hydrogen-bond acceptors (Lipinski definition) is 18. The smallest absolute Gasteiger partial charge is 0.220 e. The fraction of sp³-hybridized carbons (Fsp3) is 0.981. The molecule has 3 aliphatic heterocycles. The molecule has 17 atom stereocenters. The molecule has 3 aliphatic rings. The minimum absolute atomic E-state index is 0.243. The van der Waals surface area contributed by atoms with Gasteiger partial charge in [0.05, 0.1) is 38.6 Å². The molecule has 0 aromatic heterocycles. The number of amides is 1. The van der Waals surface area contributed by atoms with Crippen molar-refractivity contribution in [2.75, 3.05) is 26.4 Å². The summed E-state index contributed by atoms with van der Waals surface area (Å²) < 4.78 is 34.2. The first-order valence-corrected chi connectivity index (χ1v) is 27.8. The van der Waals surface area contributed by atoms with Crippen molar-refractivity contribution >= 4 is 5.91 Å². The van der Waals surface area contributed by atoms with Crippen LogP contribution in [0.2, 0.25) is 0 Å². The van der Waals surface area contributed by atoms with Crippen LogP contribution in [0.25, 0.3) is 0 Å². The van der Waals surface area contributed by atoms with E-state index in [-0.39, 0.29) is 18.9 Å². The van der Waals surface area contributed by atoms with Crippen molar-refractivity contribution in [3.8, 4) is 0 Å². The number of ether oxygens (including phenoxy) is 6. The maximum atomic E-state index is 13.2. The molecule has 3 fully saturated rings. The van der Waals surface area contributed by atoms with Gasteiger partial charge in [0.1, 0.15) is 73.2 Å². The van der Waals surface area contributed by atoms with Gasteiger partial charge in [-0.1, -0.05) is 174 Å². The first-order valence-electron chi connectivity index (χ1n) is 27.8. The zero-order valence-corrected chi connectivity index (χ0v) is 43.2. The van der Waals surface area contributed by atoms with Crippen LogP contribution in [0.1, 0.15) is 194 Å². The molecule has 0 aliphatic carbocycles. The van der Waals surface area contributed by atoms with Gasteiger partial charge in [0.2, 0.25) is 5.91 Å².